The van der Waals surface area contributed by atoms with E-state index in [1.165, 1.54) is 36.2 Å². The number of rotatable bonds is 4. The van der Waals surface area contributed by atoms with E-state index in [0.717, 1.165) is 32.4 Å². The van der Waals surface area contributed by atoms with Crippen LogP contribution in [0.15, 0.2) is 0 Å². The minimum atomic E-state index is 0.195. The first-order valence-electron chi connectivity index (χ1n) is 7.98. The Morgan fingerprint density at radius 2 is 2.20 bits per heavy atom. The molecule has 1 aliphatic heterocycles. The van der Waals surface area contributed by atoms with Crippen molar-refractivity contribution >= 4 is 0 Å². The maximum Gasteiger partial charge on any atom is 0.0703 e. The van der Waals surface area contributed by atoms with Crippen LogP contribution < -0.4 is 5.32 Å². The molecule has 20 heavy (non-hydrogen) atoms. The van der Waals surface area contributed by atoms with E-state index in [4.69, 9.17) is 9.84 Å². The zero-order valence-corrected chi connectivity index (χ0v) is 13.0. The summed E-state index contributed by atoms with van der Waals surface area (Å²) < 4.78 is 8.34. The highest BCUT2D eigenvalue weighted by Gasteiger charge is 2.43. The Bertz CT molecular complexity index is 476. The average Bonchev–Trinajstić information content (AvgIpc) is 2.70. The molecule has 4 nitrogen and oxygen atoms in total. The van der Waals surface area contributed by atoms with E-state index in [1.807, 2.05) is 7.05 Å². The summed E-state index contributed by atoms with van der Waals surface area (Å²) in [5.74, 6) is 0. The number of nitrogens with one attached hydrogen (secondary N) is 1. The third-order valence-electron chi connectivity index (χ3n) is 5.18. The van der Waals surface area contributed by atoms with Crippen LogP contribution >= 0.6 is 0 Å². The molecule has 0 amide bonds. The highest BCUT2D eigenvalue weighted by Crippen LogP contribution is 2.45. The van der Waals surface area contributed by atoms with Gasteiger partial charge in [0.05, 0.1) is 17.3 Å². The van der Waals surface area contributed by atoms with Crippen LogP contribution in [0.3, 0.4) is 0 Å². The molecule has 112 valence electrons. The quantitative estimate of drug-likeness (QED) is 0.919. The van der Waals surface area contributed by atoms with Gasteiger partial charge >= 0.3 is 0 Å². The van der Waals surface area contributed by atoms with Crippen LogP contribution in [0.1, 0.15) is 55.1 Å². The molecule has 1 atom stereocenters. The monoisotopic (exact) mass is 277 g/mol. The zero-order chi connectivity index (χ0) is 14.2. The van der Waals surface area contributed by atoms with Crippen molar-refractivity contribution in [1.29, 1.82) is 0 Å². The Labute approximate surface area is 121 Å². The topological polar surface area (TPSA) is 39.1 Å². The van der Waals surface area contributed by atoms with Crippen molar-refractivity contribution in [2.45, 2.75) is 64.0 Å². The van der Waals surface area contributed by atoms with Gasteiger partial charge in [0.25, 0.3) is 0 Å². The van der Waals surface area contributed by atoms with Gasteiger partial charge in [-0.3, -0.25) is 4.68 Å². The molecule has 0 radical (unpaired) electrons. The van der Waals surface area contributed by atoms with Crippen molar-refractivity contribution in [3.05, 3.63) is 17.0 Å². The van der Waals surface area contributed by atoms with E-state index < -0.39 is 0 Å². The van der Waals surface area contributed by atoms with Gasteiger partial charge < -0.3 is 10.1 Å². The van der Waals surface area contributed by atoms with Gasteiger partial charge in [-0.25, -0.2) is 0 Å². The number of aromatic nitrogens is 2. The summed E-state index contributed by atoms with van der Waals surface area (Å²) in [6.07, 6.45) is 7.15. The SMILES string of the molecule is CNCCc1c(C)nn(C2CCOC3(CCC3)C2)c1C. The number of aryl methyl sites for hydroxylation is 1. The lowest BCUT2D eigenvalue weighted by Crippen LogP contribution is -2.46. The van der Waals surface area contributed by atoms with E-state index in [0.29, 0.717) is 6.04 Å². The normalized spacial score (nSPS) is 24.9. The summed E-state index contributed by atoms with van der Waals surface area (Å²) in [6.45, 7) is 6.29. The van der Waals surface area contributed by atoms with Crippen molar-refractivity contribution in [2.24, 2.45) is 0 Å². The zero-order valence-electron chi connectivity index (χ0n) is 13.0. The van der Waals surface area contributed by atoms with Crippen molar-refractivity contribution in [1.82, 2.24) is 15.1 Å². The Morgan fingerprint density at radius 3 is 2.85 bits per heavy atom. The van der Waals surface area contributed by atoms with E-state index in [1.54, 1.807) is 0 Å². The van der Waals surface area contributed by atoms with Crippen molar-refractivity contribution < 1.29 is 4.74 Å². The fourth-order valence-corrected chi connectivity index (χ4v) is 3.79. The third-order valence-corrected chi connectivity index (χ3v) is 5.18. The van der Waals surface area contributed by atoms with Gasteiger partial charge in [0, 0.05) is 12.3 Å². The minimum Gasteiger partial charge on any atom is -0.375 e. The third kappa shape index (κ3) is 2.40. The van der Waals surface area contributed by atoms with Crippen LogP contribution in [-0.4, -0.2) is 35.6 Å². The molecule has 1 saturated carbocycles. The first-order chi connectivity index (χ1) is 9.65. The molecule has 1 aromatic heterocycles. The summed E-state index contributed by atoms with van der Waals surface area (Å²) in [5, 5.41) is 8.08. The molecular formula is C16H27N3O. The van der Waals surface area contributed by atoms with Gasteiger partial charge in [-0.05, 0) is 71.5 Å². The van der Waals surface area contributed by atoms with E-state index in [2.05, 4.69) is 23.8 Å². The molecule has 0 aromatic carbocycles. The number of hydrogen-bond acceptors (Lipinski definition) is 3. The van der Waals surface area contributed by atoms with Crippen molar-refractivity contribution in [3.8, 4) is 0 Å². The first-order valence-corrected chi connectivity index (χ1v) is 7.98. The lowest BCUT2D eigenvalue weighted by atomic mass is 9.74. The second-order valence-corrected chi connectivity index (χ2v) is 6.48. The van der Waals surface area contributed by atoms with Crippen LogP contribution in [0.5, 0.6) is 0 Å². The molecule has 1 aromatic rings. The Balaban J connectivity index is 1.79. The summed E-state index contributed by atoms with van der Waals surface area (Å²) >= 11 is 0. The predicted molar refractivity (Wildman–Crippen MR) is 80.1 cm³/mol. The molecule has 2 fully saturated rings. The molecule has 1 N–H and O–H groups in total. The molecule has 4 heteroatoms. The maximum atomic E-state index is 6.04. The fraction of sp³-hybridized carbons (Fsp3) is 0.812. The Morgan fingerprint density at radius 1 is 1.40 bits per heavy atom. The average molecular weight is 277 g/mol. The summed E-state index contributed by atoms with van der Waals surface area (Å²) in [7, 11) is 2.01. The fourth-order valence-electron chi connectivity index (χ4n) is 3.79. The molecule has 1 unspecified atom stereocenters. The minimum absolute atomic E-state index is 0.195. The summed E-state index contributed by atoms with van der Waals surface area (Å²) in [6, 6.07) is 0.533. The van der Waals surface area contributed by atoms with Crippen molar-refractivity contribution in [2.75, 3.05) is 20.2 Å². The second-order valence-electron chi connectivity index (χ2n) is 6.48. The first kappa shape index (κ1) is 14.1. The van der Waals surface area contributed by atoms with Crippen LogP contribution in [-0.2, 0) is 11.2 Å². The van der Waals surface area contributed by atoms with Gasteiger partial charge in [-0.2, -0.15) is 5.10 Å². The lowest BCUT2D eigenvalue weighted by molar-refractivity contribution is -0.141. The lowest BCUT2D eigenvalue weighted by Gasteiger charge is -2.47. The van der Waals surface area contributed by atoms with Crippen LogP contribution in [0, 0.1) is 13.8 Å². The summed E-state index contributed by atoms with van der Waals surface area (Å²) in [4.78, 5) is 0. The smallest absolute Gasteiger partial charge is 0.0703 e. The van der Waals surface area contributed by atoms with Crippen LogP contribution in [0.2, 0.25) is 0 Å². The standard InChI is InChI=1S/C16H27N3O/c1-12-15(5-9-17-3)13(2)19(18-12)14-6-10-20-16(11-14)7-4-8-16/h14,17H,4-11H2,1-3H3. The molecule has 3 rings (SSSR count). The molecule has 2 heterocycles. The maximum absolute atomic E-state index is 6.04. The highest BCUT2D eigenvalue weighted by atomic mass is 16.5. The van der Waals surface area contributed by atoms with E-state index in [9.17, 15) is 0 Å². The highest BCUT2D eigenvalue weighted by molar-refractivity contribution is 5.25. The second kappa shape index (κ2) is 5.49. The predicted octanol–water partition coefficient (Wildman–Crippen LogP) is 2.54. The molecule has 1 aliphatic carbocycles. The molecular weight excluding hydrogens is 250 g/mol. The molecule has 1 saturated heterocycles. The van der Waals surface area contributed by atoms with Gasteiger partial charge in [0.15, 0.2) is 0 Å². The van der Waals surface area contributed by atoms with Crippen LogP contribution in [0.4, 0.5) is 0 Å². The van der Waals surface area contributed by atoms with Crippen molar-refractivity contribution in [3.63, 3.8) is 0 Å². The Hall–Kier alpha value is -0.870. The largest absolute Gasteiger partial charge is 0.375 e. The number of hydrogen-bond donors (Lipinski definition) is 1. The molecule has 1 spiro atoms. The molecule has 0 bridgehead atoms. The van der Waals surface area contributed by atoms with Gasteiger partial charge in [-0.1, -0.05) is 0 Å². The van der Waals surface area contributed by atoms with E-state index >= 15 is 0 Å². The number of ether oxygens (including phenoxy) is 1. The summed E-state index contributed by atoms with van der Waals surface area (Å²) in [5.41, 5.74) is 4.18. The van der Waals surface area contributed by atoms with Gasteiger partial charge in [0.2, 0.25) is 0 Å². The van der Waals surface area contributed by atoms with E-state index in [-0.39, 0.29) is 5.60 Å². The van der Waals surface area contributed by atoms with Gasteiger partial charge in [-0.15, -0.1) is 0 Å². The molecule has 2 aliphatic rings. The van der Waals surface area contributed by atoms with Gasteiger partial charge in [0.1, 0.15) is 0 Å². The number of nitrogens with zero attached hydrogens (tertiary/aromatic N) is 2. The Kier molecular flexibility index (Phi) is 3.87. The van der Waals surface area contributed by atoms with Crippen LogP contribution in [0.25, 0.3) is 0 Å². The number of likely N-dealkylation sites (N-methyl/N-ethyl adjacent to an activating group) is 1.